The number of carbonyl (C=O) groups excluding carboxylic acids is 1. The number of hydrogen-bond donors (Lipinski definition) is 1. The molecule has 5 heteroatoms. The van der Waals surface area contributed by atoms with Crippen LogP contribution in [-0.2, 0) is 0 Å². The standard InChI is InChI=1S/C18H15ClN2O2/c1-11-7-8-12(2)15(9-11)20-18(22)17-10-16(21-23-17)13-5-3-4-6-14(13)19/h3-10H,1-2H3,(H,20,22). The maximum absolute atomic E-state index is 12.3. The lowest BCUT2D eigenvalue weighted by Gasteiger charge is -2.07. The largest absolute Gasteiger partial charge is 0.350 e. The number of anilines is 1. The molecule has 0 fully saturated rings. The number of nitrogens with zero attached hydrogens (tertiary/aromatic N) is 1. The molecule has 0 spiro atoms. The van der Waals surface area contributed by atoms with Gasteiger partial charge in [0.2, 0.25) is 5.76 Å². The number of carbonyl (C=O) groups is 1. The molecule has 116 valence electrons. The van der Waals surface area contributed by atoms with E-state index in [1.54, 1.807) is 12.1 Å². The van der Waals surface area contributed by atoms with E-state index in [0.717, 1.165) is 22.4 Å². The first-order valence-electron chi connectivity index (χ1n) is 7.15. The van der Waals surface area contributed by atoms with Gasteiger partial charge in [0.25, 0.3) is 5.91 Å². The van der Waals surface area contributed by atoms with Gasteiger partial charge in [-0.2, -0.15) is 0 Å². The van der Waals surface area contributed by atoms with Crippen molar-refractivity contribution in [3.8, 4) is 11.3 Å². The smallest absolute Gasteiger partial charge is 0.294 e. The van der Waals surface area contributed by atoms with E-state index in [1.807, 2.05) is 50.2 Å². The van der Waals surface area contributed by atoms with Crippen LogP contribution in [-0.4, -0.2) is 11.1 Å². The van der Waals surface area contributed by atoms with Crippen molar-refractivity contribution < 1.29 is 9.32 Å². The molecule has 0 radical (unpaired) electrons. The zero-order chi connectivity index (χ0) is 16.4. The van der Waals surface area contributed by atoms with Crippen molar-refractivity contribution in [2.45, 2.75) is 13.8 Å². The average molecular weight is 327 g/mol. The third-order valence-corrected chi connectivity index (χ3v) is 3.85. The maximum atomic E-state index is 12.3. The summed E-state index contributed by atoms with van der Waals surface area (Å²) >= 11 is 6.13. The minimum atomic E-state index is -0.343. The van der Waals surface area contributed by atoms with Crippen LogP contribution in [0, 0.1) is 13.8 Å². The van der Waals surface area contributed by atoms with Gasteiger partial charge in [0, 0.05) is 17.3 Å². The van der Waals surface area contributed by atoms with E-state index in [4.69, 9.17) is 16.1 Å². The summed E-state index contributed by atoms with van der Waals surface area (Å²) in [6, 6.07) is 14.7. The van der Waals surface area contributed by atoms with Gasteiger partial charge in [-0.15, -0.1) is 0 Å². The second kappa shape index (κ2) is 6.26. The third kappa shape index (κ3) is 3.27. The minimum Gasteiger partial charge on any atom is -0.350 e. The Morgan fingerprint density at radius 3 is 2.70 bits per heavy atom. The molecule has 0 aliphatic carbocycles. The van der Waals surface area contributed by atoms with Crippen molar-refractivity contribution in [2.24, 2.45) is 0 Å². The Kier molecular flexibility index (Phi) is 4.17. The summed E-state index contributed by atoms with van der Waals surface area (Å²) in [5.41, 5.74) is 4.06. The van der Waals surface area contributed by atoms with Gasteiger partial charge in [-0.05, 0) is 37.1 Å². The van der Waals surface area contributed by atoms with Crippen molar-refractivity contribution in [1.29, 1.82) is 0 Å². The number of amides is 1. The van der Waals surface area contributed by atoms with Crippen molar-refractivity contribution in [3.05, 3.63) is 70.4 Å². The van der Waals surface area contributed by atoms with Crippen LogP contribution in [0.4, 0.5) is 5.69 Å². The molecule has 23 heavy (non-hydrogen) atoms. The summed E-state index contributed by atoms with van der Waals surface area (Å²) < 4.78 is 5.16. The Balaban J connectivity index is 1.84. The summed E-state index contributed by atoms with van der Waals surface area (Å²) in [5.74, 6) is -0.203. The molecule has 0 bridgehead atoms. The van der Waals surface area contributed by atoms with Gasteiger partial charge in [-0.3, -0.25) is 4.79 Å². The summed E-state index contributed by atoms with van der Waals surface area (Å²) in [7, 11) is 0. The molecular weight excluding hydrogens is 312 g/mol. The molecule has 0 aliphatic heterocycles. The molecule has 3 aromatic rings. The fourth-order valence-corrected chi connectivity index (χ4v) is 2.47. The molecule has 1 N–H and O–H groups in total. The Labute approximate surface area is 139 Å². The van der Waals surface area contributed by atoms with Crippen molar-refractivity contribution in [1.82, 2.24) is 5.16 Å². The van der Waals surface area contributed by atoms with Crippen molar-refractivity contribution >= 4 is 23.2 Å². The summed E-state index contributed by atoms with van der Waals surface area (Å²) in [6.07, 6.45) is 0. The van der Waals surface area contributed by atoms with Gasteiger partial charge in [0.1, 0.15) is 5.69 Å². The number of benzene rings is 2. The number of aromatic nitrogens is 1. The van der Waals surface area contributed by atoms with Crippen LogP contribution in [0.5, 0.6) is 0 Å². The molecule has 0 saturated carbocycles. The van der Waals surface area contributed by atoms with Gasteiger partial charge in [-0.25, -0.2) is 0 Å². The Morgan fingerprint density at radius 2 is 1.91 bits per heavy atom. The molecule has 3 rings (SSSR count). The SMILES string of the molecule is Cc1ccc(C)c(NC(=O)c2cc(-c3ccccc3Cl)no2)c1. The van der Waals surface area contributed by atoms with Crippen LogP contribution >= 0.6 is 11.6 Å². The van der Waals surface area contributed by atoms with Crippen LogP contribution in [0.1, 0.15) is 21.7 Å². The summed E-state index contributed by atoms with van der Waals surface area (Å²) in [6.45, 7) is 3.91. The predicted molar refractivity (Wildman–Crippen MR) is 90.8 cm³/mol. The normalized spacial score (nSPS) is 10.6. The highest BCUT2D eigenvalue weighted by Crippen LogP contribution is 2.27. The molecule has 0 atom stereocenters. The van der Waals surface area contributed by atoms with Gasteiger partial charge in [0.05, 0.1) is 5.02 Å². The molecule has 2 aromatic carbocycles. The molecule has 1 aromatic heterocycles. The van der Waals surface area contributed by atoms with E-state index < -0.39 is 0 Å². The van der Waals surface area contributed by atoms with Crippen LogP contribution in [0.3, 0.4) is 0 Å². The van der Waals surface area contributed by atoms with E-state index in [9.17, 15) is 4.79 Å². The highest BCUT2D eigenvalue weighted by molar-refractivity contribution is 6.33. The quantitative estimate of drug-likeness (QED) is 0.747. The maximum Gasteiger partial charge on any atom is 0.294 e. The van der Waals surface area contributed by atoms with Crippen LogP contribution < -0.4 is 5.32 Å². The number of rotatable bonds is 3. The first kappa shape index (κ1) is 15.3. The zero-order valence-corrected chi connectivity index (χ0v) is 13.5. The second-order valence-electron chi connectivity index (χ2n) is 5.33. The van der Waals surface area contributed by atoms with Crippen LogP contribution in [0.15, 0.2) is 53.1 Å². The highest BCUT2D eigenvalue weighted by atomic mass is 35.5. The fraction of sp³-hybridized carbons (Fsp3) is 0.111. The average Bonchev–Trinajstić information content (AvgIpc) is 3.01. The Bertz CT molecular complexity index is 871. The third-order valence-electron chi connectivity index (χ3n) is 3.53. The number of hydrogen-bond acceptors (Lipinski definition) is 3. The molecule has 4 nitrogen and oxygen atoms in total. The second-order valence-corrected chi connectivity index (χ2v) is 5.74. The van der Waals surface area contributed by atoms with Crippen LogP contribution in [0.25, 0.3) is 11.3 Å². The molecule has 0 unspecified atom stereocenters. The first-order valence-corrected chi connectivity index (χ1v) is 7.52. The Morgan fingerprint density at radius 1 is 1.13 bits per heavy atom. The lowest BCUT2D eigenvalue weighted by Crippen LogP contribution is -2.12. The van der Waals surface area contributed by atoms with Gasteiger partial charge >= 0.3 is 0 Å². The van der Waals surface area contributed by atoms with Gasteiger partial charge in [-0.1, -0.05) is 47.1 Å². The van der Waals surface area contributed by atoms with E-state index in [2.05, 4.69) is 10.5 Å². The summed E-state index contributed by atoms with van der Waals surface area (Å²) in [5, 5.41) is 7.33. The van der Waals surface area contributed by atoms with E-state index in [1.165, 1.54) is 0 Å². The molecule has 0 aliphatic rings. The molecule has 1 heterocycles. The van der Waals surface area contributed by atoms with Gasteiger partial charge < -0.3 is 9.84 Å². The number of nitrogens with one attached hydrogen (secondary N) is 1. The van der Waals surface area contributed by atoms with Crippen LogP contribution in [0.2, 0.25) is 5.02 Å². The molecular formula is C18H15ClN2O2. The molecule has 1 amide bonds. The minimum absolute atomic E-state index is 0.140. The highest BCUT2D eigenvalue weighted by Gasteiger charge is 2.16. The van der Waals surface area contributed by atoms with E-state index in [-0.39, 0.29) is 11.7 Å². The van der Waals surface area contributed by atoms with E-state index in [0.29, 0.717) is 10.7 Å². The topological polar surface area (TPSA) is 55.1 Å². The lowest BCUT2D eigenvalue weighted by molar-refractivity contribution is 0.0988. The monoisotopic (exact) mass is 326 g/mol. The zero-order valence-electron chi connectivity index (χ0n) is 12.8. The van der Waals surface area contributed by atoms with Crippen molar-refractivity contribution in [3.63, 3.8) is 0 Å². The number of halogens is 1. The summed E-state index contributed by atoms with van der Waals surface area (Å²) in [4.78, 5) is 12.3. The Hall–Kier alpha value is -2.59. The number of aryl methyl sites for hydroxylation is 2. The lowest BCUT2D eigenvalue weighted by atomic mass is 10.1. The predicted octanol–water partition coefficient (Wildman–Crippen LogP) is 4.86. The fourth-order valence-electron chi connectivity index (χ4n) is 2.23. The van der Waals surface area contributed by atoms with Crippen molar-refractivity contribution in [2.75, 3.05) is 5.32 Å². The van der Waals surface area contributed by atoms with Gasteiger partial charge in [0.15, 0.2) is 0 Å². The van der Waals surface area contributed by atoms with E-state index >= 15 is 0 Å². The molecule has 0 saturated heterocycles. The first-order chi connectivity index (χ1) is 11.0.